The zero-order valence-electron chi connectivity index (χ0n) is 33.2. The van der Waals surface area contributed by atoms with E-state index >= 15 is 0 Å². The highest BCUT2D eigenvalue weighted by Gasteiger charge is 2.54. The number of hydrogen-bond acceptors (Lipinski definition) is 9. The Kier molecular flexibility index (Phi) is 18.6. The lowest BCUT2D eigenvalue weighted by molar-refractivity contribution is -0.152. The summed E-state index contributed by atoms with van der Waals surface area (Å²) < 4.78 is 17.8. The third-order valence-electron chi connectivity index (χ3n) is 9.52. The van der Waals surface area contributed by atoms with E-state index in [1.165, 1.54) is 50.3 Å². The fourth-order valence-corrected chi connectivity index (χ4v) is 6.62. The van der Waals surface area contributed by atoms with Crippen molar-refractivity contribution < 1.29 is 38.2 Å². The first-order valence-corrected chi connectivity index (χ1v) is 19.7. The average Bonchev–Trinajstić information content (AvgIpc) is 3.36. The molecule has 1 aliphatic rings. The molecule has 2 aromatic rings. The van der Waals surface area contributed by atoms with Gasteiger partial charge in [0.2, 0.25) is 11.8 Å². The van der Waals surface area contributed by atoms with Gasteiger partial charge in [0.05, 0.1) is 6.10 Å². The van der Waals surface area contributed by atoms with Gasteiger partial charge in [0.15, 0.2) is 5.78 Å². The predicted octanol–water partition coefficient (Wildman–Crippen LogP) is 8.10. The number of methoxy groups -OCH3 is 1. The SMILES string of the molecule is CCCCCCCCCCCC(CCC(OC)C(C(=O)C(C)(C)C)N1C(=O)C(Oc2ccccn2)N(CCC)C1=O)OC(=O)CC(=O)Nc1ccccc1. The molecular formula is C42H62N4O8. The molecule has 1 aromatic heterocycles. The van der Waals surface area contributed by atoms with Crippen molar-refractivity contribution in [2.24, 2.45) is 5.41 Å². The molecule has 4 amide bonds. The van der Waals surface area contributed by atoms with Gasteiger partial charge in [0.25, 0.3) is 12.1 Å². The lowest BCUT2D eigenvalue weighted by atomic mass is 9.82. The molecule has 0 saturated carbocycles. The smallest absolute Gasteiger partial charge is 0.330 e. The molecule has 1 fully saturated rings. The molecule has 1 aliphatic heterocycles. The van der Waals surface area contributed by atoms with E-state index in [9.17, 15) is 24.0 Å². The minimum atomic E-state index is -1.30. The number of ketones is 1. The molecule has 3 rings (SSSR count). The lowest BCUT2D eigenvalue weighted by Gasteiger charge is -2.35. The summed E-state index contributed by atoms with van der Waals surface area (Å²) in [6, 6.07) is 12.0. The number of imide groups is 1. The largest absolute Gasteiger partial charge is 0.462 e. The molecule has 0 bridgehead atoms. The molecule has 2 heterocycles. The van der Waals surface area contributed by atoms with Crippen molar-refractivity contribution in [1.82, 2.24) is 14.8 Å². The first kappa shape index (κ1) is 44.1. The number of nitrogens with zero attached hydrogens (tertiary/aromatic N) is 3. The normalized spacial score (nSPS) is 16.2. The van der Waals surface area contributed by atoms with Crippen molar-refractivity contribution in [3.63, 3.8) is 0 Å². The summed E-state index contributed by atoms with van der Waals surface area (Å²) in [5, 5.41) is 2.72. The number of unbranched alkanes of at least 4 members (excludes halogenated alkanes) is 8. The van der Waals surface area contributed by atoms with Crippen molar-refractivity contribution in [3.8, 4) is 5.88 Å². The monoisotopic (exact) mass is 750 g/mol. The van der Waals surface area contributed by atoms with Gasteiger partial charge in [-0.05, 0) is 50.3 Å². The Bertz CT molecular complexity index is 1470. The Morgan fingerprint density at radius 3 is 2.07 bits per heavy atom. The second kappa shape index (κ2) is 22.8. The van der Waals surface area contributed by atoms with Crippen molar-refractivity contribution in [1.29, 1.82) is 0 Å². The topological polar surface area (TPSA) is 144 Å². The second-order valence-electron chi connectivity index (χ2n) is 15.1. The number of aromatic nitrogens is 1. The summed E-state index contributed by atoms with van der Waals surface area (Å²) in [5.41, 5.74) is -0.360. The van der Waals surface area contributed by atoms with Crippen LogP contribution in [0.2, 0.25) is 0 Å². The quantitative estimate of drug-likeness (QED) is 0.0461. The van der Waals surface area contributed by atoms with E-state index in [2.05, 4.69) is 17.2 Å². The second-order valence-corrected chi connectivity index (χ2v) is 15.1. The maximum Gasteiger partial charge on any atom is 0.330 e. The number of carbonyl (C=O) groups excluding carboxylic acids is 5. The Hall–Kier alpha value is -4.32. The number of esters is 1. The van der Waals surface area contributed by atoms with Crippen LogP contribution in [0.5, 0.6) is 5.88 Å². The first-order chi connectivity index (χ1) is 25.9. The highest BCUT2D eigenvalue weighted by Crippen LogP contribution is 2.31. The van der Waals surface area contributed by atoms with E-state index < -0.39 is 60.1 Å². The maximum absolute atomic E-state index is 14.2. The number of ether oxygens (including phenoxy) is 3. The van der Waals surface area contributed by atoms with Crippen LogP contribution in [0.4, 0.5) is 10.5 Å². The van der Waals surface area contributed by atoms with Gasteiger partial charge in [-0.3, -0.25) is 24.1 Å². The zero-order valence-corrected chi connectivity index (χ0v) is 33.2. The van der Waals surface area contributed by atoms with Crippen LogP contribution in [0.25, 0.3) is 0 Å². The van der Waals surface area contributed by atoms with Crippen LogP contribution < -0.4 is 10.1 Å². The van der Waals surface area contributed by atoms with Crippen LogP contribution in [0.1, 0.15) is 125 Å². The number of Topliss-reactive ketones (excluding diaryl/α,β-unsaturated/α-hetero) is 1. The van der Waals surface area contributed by atoms with E-state index in [-0.39, 0.29) is 31.0 Å². The molecule has 1 saturated heterocycles. The molecule has 4 unspecified atom stereocenters. The van der Waals surface area contributed by atoms with Crippen LogP contribution in [0.3, 0.4) is 0 Å². The van der Waals surface area contributed by atoms with E-state index in [0.717, 1.165) is 30.6 Å². The van der Waals surface area contributed by atoms with Crippen molar-refractivity contribution in [2.75, 3.05) is 19.0 Å². The van der Waals surface area contributed by atoms with Crippen molar-refractivity contribution in [2.45, 2.75) is 149 Å². The Morgan fingerprint density at radius 1 is 0.833 bits per heavy atom. The number of rotatable bonds is 25. The molecule has 12 heteroatoms. The van der Waals surface area contributed by atoms with Gasteiger partial charge in [0.1, 0.15) is 18.6 Å². The minimum absolute atomic E-state index is 0.173. The fourth-order valence-electron chi connectivity index (χ4n) is 6.62. The summed E-state index contributed by atoms with van der Waals surface area (Å²) in [5.74, 6) is -1.99. The number of carbonyl (C=O) groups is 5. The molecule has 0 spiro atoms. The van der Waals surface area contributed by atoms with E-state index in [0.29, 0.717) is 18.5 Å². The highest BCUT2D eigenvalue weighted by atomic mass is 16.5. The minimum Gasteiger partial charge on any atom is -0.462 e. The molecule has 0 radical (unpaired) electrons. The number of hydrogen-bond donors (Lipinski definition) is 1. The van der Waals surface area contributed by atoms with Gasteiger partial charge in [-0.15, -0.1) is 0 Å². The van der Waals surface area contributed by atoms with Crippen LogP contribution in [-0.2, 0) is 28.7 Å². The van der Waals surface area contributed by atoms with Crippen LogP contribution in [-0.4, -0.2) is 82.5 Å². The number of para-hydroxylation sites is 1. The summed E-state index contributed by atoms with van der Waals surface area (Å²) in [6.45, 7) is 9.52. The number of urea groups is 1. The van der Waals surface area contributed by atoms with Crippen LogP contribution >= 0.6 is 0 Å². The van der Waals surface area contributed by atoms with Crippen LogP contribution in [0, 0.1) is 5.41 Å². The fraction of sp³-hybridized carbons (Fsp3) is 0.619. The molecule has 1 N–H and O–H groups in total. The van der Waals surface area contributed by atoms with Gasteiger partial charge in [-0.1, -0.05) is 110 Å². The van der Waals surface area contributed by atoms with E-state index in [4.69, 9.17) is 14.2 Å². The van der Waals surface area contributed by atoms with Crippen molar-refractivity contribution >= 4 is 35.3 Å². The van der Waals surface area contributed by atoms with E-state index in [1.54, 1.807) is 63.2 Å². The first-order valence-electron chi connectivity index (χ1n) is 19.7. The molecule has 12 nitrogen and oxygen atoms in total. The van der Waals surface area contributed by atoms with E-state index in [1.807, 2.05) is 13.0 Å². The zero-order chi connectivity index (χ0) is 39.5. The third-order valence-corrected chi connectivity index (χ3v) is 9.52. The van der Waals surface area contributed by atoms with Gasteiger partial charge >= 0.3 is 12.0 Å². The third kappa shape index (κ3) is 13.8. The number of pyridine rings is 1. The molecule has 54 heavy (non-hydrogen) atoms. The number of nitrogens with one attached hydrogen (secondary N) is 1. The van der Waals surface area contributed by atoms with Crippen molar-refractivity contribution in [3.05, 3.63) is 54.7 Å². The Labute approximate surface area is 321 Å². The highest BCUT2D eigenvalue weighted by molar-refractivity contribution is 6.08. The molecule has 4 atom stereocenters. The maximum atomic E-state index is 14.2. The predicted molar refractivity (Wildman–Crippen MR) is 208 cm³/mol. The van der Waals surface area contributed by atoms with Gasteiger partial charge in [-0.2, -0.15) is 0 Å². The summed E-state index contributed by atoms with van der Waals surface area (Å²) in [6.07, 6.45) is 10.1. The van der Waals surface area contributed by atoms with Gasteiger partial charge < -0.3 is 19.5 Å². The molecule has 298 valence electrons. The van der Waals surface area contributed by atoms with Crippen LogP contribution in [0.15, 0.2) is 54.7 Å². The molecule has 1 aromatic carbocycles. The summed E-state index contributed by atoms with van der Waals surface area (Å²) in [7, 11) is 1.44. The Balaban J connectivity index is 1.78. The standard InChI is InChI=1S/C42H62N4O8/c1-7-9-10-11-12-13-14-15-19-24-32(53-36(48)30-34(47)44-31-22-17-16-18-23-31)26-27-33(52-6)37(38(49)42(3,4)5)46-39(50)40(45(29-8-2)41(46)51)54-35-25-20-21-28-43-35/h16-18,20-23,25,28,32-33,37,40H,7-15,19,24,26-27,29-30H2,1-6H3,(H,44,47). The van der Waals surface area contributed by atoms with Gasteiger partial charge in [0, 0.05) is 37.0 Å². The van der Waals surface area contributed by atoms with Gasteiger partial charge in [-0.25, -0.2) is 14.7 Å². The number of amides is 4. The molecule has 0 aliphatic carbocycles. The Morgan fingerprint density at radius 2 is 1.48 bits per heavy atom. The average molecular weight is 751 g/mol. The summed E-state index contributed by atoms with van der Waals surface area (Å²) in [4.78, 5) is 74.6. The summed E-state index contributed by atoms with van der Waals surface area (Å²) >= 11 is 0. The number of benzene rings is 1. The number of anilines is 1. The lowest BCUT2D eigenvalue weighted by Crippen LogP contribution is -2.56. The molecular weight excluding hydrogens is 688 g/mol.